The fraction of sp³-hybridized carbons (Fsp3) is 0.438. The van der Waals surface area contributed by atoms with Crippen LogP contribution in [0.1, 0.15) is 19.3 Å². The molecule has 0 radical (unpaired) electrons. The molecule has 0 aromatic carbocycles. The van der Waals surface area contributed by atoms with Crippen molar-refractivity contribution in [3.05, 3.63) is 30.2 Å². The van der Waals surface area contributed by atoms with Crippen molar-refractivity contribution in [2.45, 2.75) is 36.6 Å². The molecule has 3 heterocycles. The molecule has 0 saturated heterocycles. The van der Waals surface area contributed by atoms with Crippen molar-refractivity contribution in [1.82, 2.24) is 20.3 Å². The molecule has 2 aromatic rings. The van der Waals surface area contributed by atoms with Gasteiger partial charge in [-0.05, 0) is 30.7 Å². The molecule has 1 amide bonds. The van der Waals surface area contributed by atoms with Crippen LogP contribution < -0.4 is 16.0 Å². The van der Waals surface area contributed by atoms with Crippen LogP contribution in [0.2, 0.25) is 0 Å². The molecule has 134 valence electrons. The first-order valence-corrected chi connectivity index (χ1v) is 9.09. The molecule has 1 aliphatic carbocycles. The average Bonchev–Trinajstić information content (AvgIpc) is 3.24. The zero-order chi connectivity index (χ0) is 16.5. The summed E-state index contributed by atoms with van der Waals surface area (Å²) in [7, 11) is 0. The number of carbonyl (C=O) groups is 1. The molecule has 1 unspecified atom stereocenters. The van der Waals surface area contributed by atoms with Gasteiger partial charge in [0, 0.05) is 31.0 Å². The highest BCUT2D eigenvalue weighted by atomic mass is 35.5. The Labute approximate surface area is 156 Å². The van der Waals surface area contributed by atoms with Gasteiger partial charge < -0.3 is 20.9 Å². The van der Waals surface area contributed by atoms with Crippen molar-refractivity contribution in [3.63, 3.8) is 0 Å². The normalized spacial score (nSPS) is 25.8. The number of halogens is 1. The Hall–Kier alpha value is -1.77. The number of H-pyrrole nitrogens is 1. The minimum atomic E-state index is -0.174. The molecule has 1 aliphatic heterocycles. The lowest BCUT2D eigenvalue weighted by molar-refractivity contribution is -0.121. The van der Waals surface area contributed by atoms with Crippen LogP contribution >= 0.6 is 24.2 Å². The van der Waals surface area contributed by atoms with Gasteiger partial charge in [0.2, 0.25) is 5.91 Å². The van der Waals surface area contributed by atoms with Crippen LogP contribution in [0.4, 0.5) is 5.82 Å². The predicted octanol–water partition coefficient (Wildman–Crippen LogP) is 1.77. The number of aromatic amines is 1. The van der Waals surface area contributed by atoms with Crippen molar-refractivity contribution < 1.29 is 4.79 Å². The molecule has 1 saturated carbocycles. The standard InChI is InChI=1S/C16H20N6OS.ClH/c17-11-2-1-3-12(11)21-16(23)13-8-22(6-7-24-13)15-10-4-5-18-14(10)19-9-20-15;/h4-7,9,11-13H,1-3,8,17H2,(H,21,23)(H,18,19,20);1H/t11-,12-,13?;/m1./s1. The van der Waals surface area contributed by atoms with Gasteiger partial charge in [-0.25, -0.2) is 9.97 Å². The Morgan fingerprint density at radius 1 is 1.40 bits per heavy atom. The van der Waals surface area contributed by atoms with Gasteiger partial charge in [0.15, 0.2) is 0 Å². The average molecular weight is 381 g/mol. The van der Waals surface area contributed by atoms with E-state index in [0.29, 0.717) is 6.54 Å². The van der Waals surface area contributed by atoms with E-state index in [1.54, 1.807) is 0 Å². The Morgan fingerprint density at radius 3 is 3.08 bits per heavy atom. The summed E-state index contributed by atoms with van der Waals surface area (Å²) in [6.45, 7) is 0.576. The molecule has 2 aromatic heterocycles. The first kappa shape index (κ1) is 18.0. The molecule has 7 nitrogen and oxygen atoms in total. The highest BCUT2D eigenvalue weighted by molar-refractivity contribution is 8.03. The summed E-state index contributed by atoms with van der Waals surface area (Å²) in [5.41, 5.74) is 6.86. The number of nitrogens with two attached hydrogens (primary N) is 1. The van der Waals surface area contributed by atoms with Crippen LogP contribution in [-0.2, 0) is 4.79 Å². The van der Waals surface area contributed by atoms with Gasteiger partial charge in [0.25, 0.3) is 0 Å². The van der Waals surface area contributed by atoms with E-state index < -0.39 is 0 Å². The predicted molar refractivity (Wildman–Crippen MR) is 103 cm³/mol. The van der Waals surface area contributed by atoms with Crippen LogP contribution in [-0.4, -0.2) is 44.7 Å². The molecule has 3 atom stereocenters. The third kappa shape index (κ3) is 3.61. The molecule has 9 heteroatoms. The van der Waals surface area contributed by atoms with Crippen molar-refractivity contribution >= 4 is 46.9 Å². The molecular weight excluding hydrogens is 360 g/mol. The lowest BCUT2D eigenvalue weighted by atomic mass is 10.2. The van der Waals surface area contributed by atoms with E-state index in [4.69, 9.17) is 5.73 Å². The number of nitrogens with zero attached hydrogens (tertiary/aromatic N) is 3. The highest BCUT2D eigenvalue weighted by Crippen LogP contribution is 2.28. The minimum Gasteiger partial charge on any atom is -0.351 e. The monoisotopic (exact) mass is 380 g/mol. The van der Waals surface area contributed by atoms with Crippen LogP contribution in [0.5, 0.6) is 0 Å². The first-order chi connectivity index (χ1) is 11.7. The van der Waals surface area contributed by atoms with Gasteiger partial charge in [0.05, 0.1) is 5.39 Å². The molecule has 25 heavy (non-hydrogen) atoms. The Bertz CT molecular complexity index is 781. The summed E-state index contributed by atoms with van der Waals surface area (Å²) in [4.78, 5) is 26.3. The maximum atomic E-state index is 12.6. The van der Waals surface area contributed by atoms with E-state index in [9.17, 15) is 4.79 Å². The number of hydrogen-bond donors (Lipinski definition) is 3. The second-order valence-electron chi connectivity index (χ2n) is 6.21. The summed E-state index contributed by atoms with van der Waals surface area (Å²) in [5, 5.41) is 5.84. The highest BCUT2D eigenvalue weighted by Gasteiger charge is 2.30. The smallest absolute Gasteiger partial charge is 0.235 e. The van der Waals surface area contributed by atoms with E-state index in [1.165, 1.54) is 18.1 Å². The van der Waals surface area contributed by atoms with Gasteiger partial charge in [-0.15, -0.1) is 24.2 Å². The lowest BCUT2D eigenvalue weighted by Gasteiger charge is -2.29. The number of rotatable bonds is 3. The van der Waals surface area contributed by atoms with E-state index in [1.807, 2.05) is 28.8 Å². The lowest BCUT2D eigenvalue weighted by Crippen LogP contribution is -2.49. The molecular formula is C16H21ClN6OS. The zero-order valence-electron chi connectivity index (χ0n) is 13.6. The third-order valence-electron chi connectivity index (χ3n) is 4.64. The maximum absolute atomic E-state index is 12.6. The van der Waals surface area contributed by atoms with Gasteiger partial charge in [-0.3, -0.25) is 4.79 Å². The van der Waals surface area contributed by atoms with Crippen LogP contribution in [0.3, 0.4) is 0 Å². The SMILES string of the molecule is Cl.N[C@@H]1CCC[C@H]1NC(=O)C1CN(c2ncnc3[nH]ccc23)C=CS1. The molecule has 1 fully saturated rings. The summed E-state index contributed by atoms with van der Waals surface area (Å²) < 4.78 is 0. The van der Waals surface area contributed by atoms with Crippen molar-refractivity contribution in [3.8, 4) is 0 Å². The molecule has 2 aliphatic rings. The minimum absolute atomic E-state index is 0. The van der Waals surface area contributed by atoms with Crippen molar-refractivity contribution in [1.29, 1.82) is 0 Å². The van der Waals surface area contributed by atoms with Crippen LogP contribution in [0.15, 0.2) is 30.2 Å². The van der Waals surface area contributed by atoms with E-state index in [-0.39, 0.29) is 35.6 Å². The summed E-state index contributed by atoms with van der Waals surface area (Å²) in [6.07, 6.45) is 8.39. The molecule has 0 bridgehead atoms. The summed E-state index contributed by atoms with van der Waals surface area (Å²) >= 11 is 1.54. The summed E-state index contributed by atoms with van der Waals surface area (Å²) in [5.74, 6) is 0.865. The number of anilines is 1. The Morgan fingerprint density at radius 2 is 2.28 bits per heavy atom. The van der Waals surface area contributed by atoms with E-state index >= 15 is 0 Å². The van der Waals surface area contributed by atoms with Crippen LogP contribution in [0.25, 0.3) is 11.0 Å². The van der Waals surface area contributed by atoms with E-state index in [2.05, 4.69) is 20.3 Å². The van der Waals surface area contributed by atoms with Crippen LogP contribution in [0, 0.1) is 0 Å². The fourth-order valence-corrected chi connectivity index (χ4v) is 4.16. The largest absolute Gasteiger partial charge is 0.351 e. The van der Waals surface area contributed by atoms with Crippen molar-refractivity contribution in [2.24, 2.45) is 5.73 Å². The fourth-order valence-electron chi connectivity index (χ4n) is 3.32. The third-order valence-corrected chi connectivity index (χ3v) is 5.61. The second kappa shape index (κ2) is 7.63. The number of hydrogen-bond acceptors (Lipinski definition) is 6. The summed E-state index contributed by atoms with van der Waals surface area (Å²) in [6, 6.07) is 2.13. The number of amides is 1. The number of aromatic nitrogens is 3. The van der Waals surface area contributed by atoms with Gasteiger partial charge in [0.1, 0.15) is 23.0 Å². The molecule has 4 rings (SSSR count). The topological polar surface area (TPSA) is 99.9 Å². The van der Waals surface area contributed by atoms with E-state index in [0.717, 1.165) is 36.1 Å². The van der Waals surface area contributed by atoms with Gasteiger partial charge in [-0.1, -0.05) is 0 Å². The maximum Gasteiger partial charge on any atom is 0.235 e. The zero-order valence-corrected chi connectivity index (χ0v) is 15.2. The number of carbonyl (C=O) groups excluding carboxylic acids is 1. The number of nitrogens with one attached hydrogen (secondary N) is 2. The Balaban J connectivity index is 0.00000182. The second-order valence-corrected chi connectivity index (χ2v) is 7.32. The van der Waals surface area contributed by atoms with Crippen molar-refractivity contribution in [2.75, 3.05) is 11.4 Å². The van der Waals surface area contributed by atoms with Gasteiger partial charge in [-0.2, -0.15) is 0 Å². The molecule has 0 spiro atoms. The number of fused-ring (bicyclic) bond motifs is 1. The Kier molecular flexibility index (Phi) is 5.51. The first-order valence-electron chi connectivity index (χ1n) is 8.15. The molecule has 4 N–H and O–H groups in total. The quantitative estimate of drug-likeness (QED) is 0.750. The van der Waals surface area contributed by atoms with Gasteiger partial charge >= 0.3 is 0 Å². The number of thioether (sulfide) groups is 1.